The normalized spacial score (nSPS) is 10.5. The molecule has 2 rings (SSSR count). The monoisotopic (exact) mass is 300 g/mol. The summed E-state index contributed by atoms with van der Waals surface area (Å²) >= 11 is 7.30. The molecule has 2 amide bonds. The van der Waals surface area contributed by atoms with Crippen molar-refractivity contribution in [2.24, 2.45) is 0 Å². The van der Waals surface area contributed by atoms with E-state index in [9.17, 15) is 4.79 Å². The van der Waals surface area contributed by atoms with Gasteiger partial charge in [0.05, 0.1) is 10.9 Å². The highest BCUT2D eigenvalue weighted by Gasteiger charge is 2.14. The SMILES string of the molecule is CCn1nnnc1NC(=O)N(C)Cc1ccc(Cl)s1. The van der Waals surface area contributed by atoms with Gasteiger partial charge in [0.2, 0.25) is 0 Å². The Morgan fingerprint density at radius 3 is 3.00 bits per heavy atom. The maximum atomic E-state index is 12.0. The average Bonchev–Trinajstić information content (AvgIpc) is 2.98. The molecule has 0 aliphatic heterocycles. The summed E-state index contributed by atoms with van der Waals surface area (Å²) in [6.45, 7) is 2.97. The first kappa shape index (κ1) is 13.8. The van der Waals surface area contributed by atoms with Crippen molar-refractivity contribution in [3.63, 3.8) is 0 Å². The molecule has 0 fully saturated rings. The topological polar surface area (TPSA) is 75.9 Å². The van der Waals surface area contributed by atoms with Gasteiger partial charge in [-0.1, -0.05) is 16.7 Å². The van der Waals surface area contributed by atoms with Crippen molar-refractivity contribution in [3.8, 4) is 0 Å². The molecule has 2 aromatic heterocycles. The van der Waals surface area contributed by atoms with E-state index >= 15 is 0 Å². The molecule has 0 radical (unpaired) electrons. The van der Waals surface area contributed by atoms with Crippen LogP contribution in [-0.4, -0.2) is 38.2 Å². The Hall–Kier alpha value is -1.67. The zero-order chi connectivity index (χ0) is 13.8. The first-order valence-electron chi connectivity index (χ1n) is 5.62. The molecule has 0 aromatic carbocycles. The minimum absolute atomic E-state index is 0.269. The van der Waals surface area contributed by atoms with E-state index in [2.05, 4.69) is 20.8 Å². The van der Waals surface area contributed by atoms with Gasteiger partial charge in [0.25, 0.3) is 5.95 Å². The van der Waals surface area contributed by atoms with E-state index in [0.29, 0.717) is 23.4 Å². The highest BCUT2D eigenvalue weighted by atomic mass is 35.5. The van der Waals surface area contributed by atoms with E-state index in [1.165, 1.54) is 20.9 Å². The summed E-state index contributed by atoms with van der Waals surface area (Å²) in [5.74, 6) is 0.337. The second kappa shape index (κ2) is 5.98. The summed E-state index contributed by atoms with van der Waals surface area (Å²) in [5, 5.41) is 13.6. The number of thiophene rings is 1. The zero-order valence-electron chi connectivity index (χ0n) is 10.5. The van der Waals surface area contributed by atoms with E-state index in [4.69, 9.17) is 11.6 Å². The van der Waals surface area contributed by atoms with Gasteiger partial charge in [-0.25, -0.2) is 9.48 Å². The van der Waals surface area contributed by atoms with Gasteiger partial charge < -0.3 is 4.90 Å². The van der Waals surface area contributed by atoms with Crippen LogP contribution < -0.4 is 5.32 Å². The van der Waals surface area contributed by atoms with Crippen LogP contribution in [0.15, 0.2) is 12.1 Å². The van der Waals surface area contributed by atoms with Crippen LogP contribution in [0.4, 0.5) is 10.7 Å². The summed E-state index contributed by atoms with van der Waals surface area (Å²) < 4.78 is 2.21. The predicted octanol–water partition coefficient (Wildman–Crippen LogP) is 2.07. The average molecular weight is 301 g/mol. The lowest BCUT2D eigenvalue weighted by atomic mass is 10.4. The fourth-order valence-electron chi connectivity index (χ4n) is 1.44. The number of carbonyl (C=O) groups is 1. The van der Waals surface area contributed by atoms with Crippen molar-refractivity contribution < 1.29 is 4.79 Å². The number of halogens is 1. The van der Waals surface area contributed by atoms with E-state index in [1.807, 2.05) is 19.1 Å². The van der Waals surface area contributed by atoms with Gasteiger partial charge in [-0.15, -0.1) is 11.3 Å². The number of aromatic nitrogens is 4. The molecule has 19 heavy (non-hydrogen) atoms. The molecule has 2 aromatic rings. The Morgan fingerprint density at radius 2 is 2.37 bits per heavy atom. The smallest absolute Gasteiger partial charge is 0.322 e. The number of amides is 2. The summed E-state index contributed by atoms with van der Waals surface area (Å²) in [4.78, 5) is 14.5. The number of tetrazole rings is 1. The van der Waals surface area contributed by atoms with Crippen molar-refractivity contribution >= 4 is 34.9 Å². The summed E-state index contributed by atoms with van der Waals surface area (Å²) in [6.07, 6.45) is 0. The Kier molecular flexibility index (Phi) is 4.33. The molecule has 0 spiro atoms. The van der Waals surface area contributed by atoms with Gasteiger partial charge in [0.15, 0.2) is 0 Å². The third-order valence-corrected chi connectivity index (χ3v) is 3.63. The number of hydrogen-bond donors (Lipinski definition) is 1. The van der Waals surface area contributed by atoms with Crippen LogP contribution in [0.5, 0.6) is 0 Å². The number of hydrogen-bond acceptors (Lipinski definition) is 5. The largest absolute Gasteiger partial charge is 0.324 e. The molecule has 0 aliphatic carbocycles. The number of aryl methyl sites for hydroxylation is 1. The molecule has 9 heteroatoms. The highest BCUT2D eigenvalue weighted by Crippen LogP contribution is 2.22. The Bertz CT molecular complexity index is 568. The van der Waals surface area contributed by atoms with Crippen LogP contribution in [0.1, 0.15) is 11.8 Å². The molecule has 0 saturated carbocycles. The van der Waals surface area contributed by atoms with Crippen LogP contribution in [0, 0.1) is 0 Å². The van der Waals surface area contributed by atoms with Crippen molar-refractivity contribution in [1.82, 2.24) is 25.1 Å². The number of rotatable bonds is 4. The minimum atomic E-state index is -0.269. The first-order valence-corrected chi connectivity index (χ1v) is 6.82. The van der Waals surface area contributed by atoms with Crippen LogP contribution in [0.3, 0.4) is 0 Å². The van der Waals surface area contributed by atoms with Crippen molar-refractivity contribution in [2.45, 2.75) is 20.0 Å². The predicted molar refractivity (Wildman–Crippen MR) is 73.3 cm³/mol. The second-order valence-electron chi connectivity index (χ2n) is 3.81. The van der Waals surface area contributed by atoms with Crippen LogP contribution in [0.2, 0.25) is 4.34 Å². The summed E-state index contributed by atoms with van der Waals surface area (Å²) in [7, 11) is 1.70. The van der Waals surface area contributed by atoms with Gasteiger partial charge in [0, 0.05) is 18.5 Å². The third-order valence-electron chi connectivity index (χ3n) is 2.42. The molecular formula is C10H13ClN6OS. The third kappa shape index (κ3) is 3.42. The fraction of sp³-hybridized carbons (Fsp3) is 0.400. The van der Waals surface area contributed by atoms with Gasteiger partial charge >= 0.3 is 6.03 Å². The number of carbonyl (C=O) groups excluding carboxylic acids is 1. The van der Waals surface area contributed by atoms with E-state index in [0.717, 1.165) is 4.88 Å². The molecule has 0 bridgehead atoms. The van der Waals surface area contributed by atoms with Crippen LogP contribution >= 0.6 is 22.9 Å². The zero-order valence-corrected chi connectivity index (χ0v) is 12.1. The lowest BCUT2D eigenvalue weighted by molar-refractivity contribution is 0.220. The van der Waals surface area contributed by atoms with E-state index in [1.54, 1.807) is 7.05 Å². The summed E-state index contributed by atoms with van der Waals surface area (Å²) in [6, 6.07) is 3.44. The first-order chi connectivity index (χ1) is 9.10. The number of nitrogens with zero attached hydrogens (tertiary/aromatic N) is 5. The maximum absolute atomic E-state index is 12.0. The molecule has 7 nitrogen and oxygen atoms in total. The van der Waals surface area contributed by atoms with Crippen molar-refractivity contribution in [2.75, 3.05) is 12.4 Å². The molecule has 0 unspecified atom stereocenters. The van der Waals surface area contributed by atoms with Gasteiger partial charge in [-0.05, 0) is 29.5 Å². The lowest BCUT2D eigenvalue weighted by Crippen LogP contribution is -2.31. The molecule has 0 saturated heterocycles. The summed E-state index contributed by atoms with van der Waals surface area (Å²) in [5.41, 5.74) is 0. The Balaban J connectivity index is 1.96. The number of anilines is 1. The van der Waals surface area contributed by atoms with Gasteiger partial charge in [-0.3, -0.25) is 5.32 Å². The standard InChI is InChI=1S/C10H13ClN6OS/c1-3-17-9(13-14-15-17)12-10(18)16(2)6-7-4-5-8(11)19-7/h4-5H,3,6H2,1-2H3,(H,12,13,15,18). The molecule has 102 valence electrons. The lowest BCUT2D eigenvalue weighted by Gasteiger charge is -2.16. The highest BCUT2D eigenvalue weighted by molar-refractivity contribution is 7.16. The molecule has 1 N–H and O–H groups in total. The molecular weight excluding hydrogens is 288 g/mol. The van der Waals surface area contributed by atoms with Gasteiger partial charge in [0.1, 0.15) is 0 Å². The van der Waals surface area contributed by atoms with Crippen molar-refractivity contribution in [1.29, 1.82) is 0 Å². The van der Waals surface area contributed by atoms with E-state index in [-0.39, 0.29) is 6.03 Å². The number of urea groups is 1. The van der Waals surface area contributed by atoms with E-state index < -0.39 is 0 Å². The van der Waals surface area contributed by atoms with Crippen molar-refractivity contribution in [3.05, 3.63) is 21.3 Å². The Labute approximate surface area is 119 Å². The quantitative estimate of drug-likeness (QED) is 0.938. The molecule has 0 atom stereocenters. The molecule has 0 aliphatic rings. The molecule has 2 heterocycles. The fourth-order valence-corrected chi connectivity index (χ4v) is 2.58. The number of nitrogens with one attached hydrogen (secondary N) is 1. The minimum Gasteiger partial charge on any atom is -0.322 e. The maximum Gasteiger partial charge on any atom is 0.324 e. The second-order valence-corrected chi connectivity index (χ2v) is 5.61. The van der Waals surface area contributed by atoms with Crippen LogP contribution in [-0.2, 0) is 13.1 Å². The Morgan fingerprint density at radius 1 is 1.58 bits per heavy atom. The van der Waals surface area contributed by atoms with Crippen LogP contribution in [0.25, 0.3) is 0 Å². The van der Waals surface area contributed by atoms with Gasteiger partial charge in [-0.2, -0.15) is 0 Å².